The normalized spacial score (nSPS) is 11.0. The lowest BCUT2D eigenvalue weighted by molar-refractivity contribution is 0.185. The molecule has 0 aromatic heterocycles. The van der Waals surface area contributed by atoms with Crippen molar-refractivity contribution < 1.29 is 4.74 Å². The van der Waals surface area contributed by atoms with E-state index in [1.807, 2.05) is 30.3 Å². The molecule has 0 saturated heterocycles. The molecule has 23 heavy (non-hydrogen) atoms. The Morgan fingerprint density at radius 2 is 1.70 bits per heavy atom. The van der Waals surface area contributed by atoms with Gasteiger partial charge in [0.2, 0.25) is 0 Å². The van der Waals surface area contributed by atoms with Crippen LogP contribution >= 0.6 is 24.0 Å². The van der Waals surface area contributed by atoms with Crippen molar-refractivity contribution in [2.45, 2.75) is 27.0 Å². The summed E-state index contributed by atoms with van der Waals surface area (Å²) in [6, 6.07) is 14.3. The van der Waals surface area contributed by atoms with Gasteiger partial charge in [-0.2, -0.15) is 0 Å². The van der Waals surface area contributed by atoms with Gasteiger partial charge in [-0.3, -0.25) is 0 Å². The number of nitrogens with one attached hydrogen (secondary N) is 1. The van der Waals surface area contributed by atoms with Crippen LogP contribution in [0.2, 0.25) is 0 Å². The van der Waals surface area contributed by atoms with Crippen LogP contribution < -0.4 is 11.1 Å². The van der Waals surface area contributed by atoms with Gasteiger partial charge in [0.15, 0.2) is 5.96 Å². The zero-order valence-electron chi connectivity index (χ0n) is 13.8. The minimum absolute atomic E-state index is 0. The number of nitrogens with two attached hydrogens (primary N) is 1. The summed E-state index contributed by atoms with van der Waals surface area (Å²) in [6.45, 7) is 5.34. The molecule has 0 amide bonds. The molecule has 0 atom stereocenters. The Morgan fingerprint density at radius 1 is 1.04 bits per heavy atom. The number of methoxy groups -OCH3 is 1. The van der Waals surface area contributed by atoms with Crippen LogP contribution in [0.1, 0.15) is 22.3 Å². The SMILES string of the molecule is COCc1ccc(CN=C(N)Nc2ccc(C)c(C)c2)cc1.I. The summed E-state index contributed by atoms with van der Waals surface area (Å²) in [7, 11) is 1.69. The highest BCUT2D eigenvalue weighted by Crippen LogP contribution is 2.14. The average molecular weight is 425 g/mol. The maximum Gasteiger partial charge on any atom is 0.193 e. The summed E-state index contributed by atoms with van der Waals surface area (Å²) < 4.78 is 5.09. The number of guanidine groups is 1. The Labute approximate surface area is 155 Å². The van der Waals surface area contributed by atoms with Crippen LogP contribution in [0, 0.1) is 13.8 Å². The van der Waals surface area contributed by atoms with Gasteiger partial charge in [0.25, 0.3) is 0 Å². The highest BCUT2D eigenvalue weighted by molar-refractivity contribution is 14.0. The number of ether oxygens (including phenoxy) is 1. The number of halogens is 1. The summed E-state index contributed by atoms with van der Waals surface area (Å²) in [5.41, 5.74) is 11.7. The van der Waals surface area contributed by atoms with Crippen LogP contribution in [-0.4, -0.2) is 13.1 Å². The topological polar surface area (TPSA) is 59.6 Å². The second kappa shape index (κ2) is 9.52. The number of rotatable bonds is 5. The van der Waals surface area contributed by atoms with E-state index in [9.17, 15) is 0 Å². The fourth-order valence-electron chi connectivity index (χ4n) is 2.09. The maximum atomic E-state index is 5.94. The van der Waals surface area contributed by atoms with Crippen LogP contribution in [0.15, 0.2) is 47.5 Å². The predicted molar refractivity (Wildman–Crippen MR) is 107 cm³/mol. The lowest BCUT2D eigenvalue weighted by Crippen LogP contribution is -2.22. The van der Waals surface area contributed by atoms with Crippen molar-refractivity contribution >= 4 is 35.6 Å². The van der Waals surface area contributed by atoms with Crippen LogP contribution in [-0.2, 0) is 17.9 Å². The molecule has 0 bridgehead atoms. The molecule has 0 heterocycles. The van der Waals surface area contributed by atoms with E-state index in [1.165, 1.54) is 11.1 Å². The van der Waals surface area contributed by atoms with Gasteiger partial charge in [-0.25, -0.2) is 4.99 Å². The monoisotopic (exact) mass is 425 g/mol. The molecule has 2 aromatic carbocycles. The number of hydrogen-bond donors (Lipinski definition) is 2. The number of aryl methyl sites for hydroxylation is 2. The summed E-state index contributed by atoms with van der Waals surface area (Å²) in [5, 5.41) is 3.12. The van der Waals surface area contributed by atoms with E-state index in [1.54, 1.807) is 7.11 Å². The third-order valence-electron chi connectivity index (χ3n) is 3.55. The van der Waals surface area contributed by atoms with Gasteiger partial charge in [-0.1, -0.05) is 30.3 Å². The van der Waals surface area contributed by atoms with Crippen LogP contribution in [0.5, 0.6) is 0 Å². The van der Waals surface area contributed by atoms with Crippen molar-refractivity contribution in [3.63, 3.8) is 0 Å². The second-order valence-electron chi connectivity index (χ2n) is 5.38. The quantitative estimate of drug-likeness (QED) is 0.433. The number of nitrogens with zero attached hydrogens (tertiary/aromatic N) is 1. The van der Waals surface area contributed by atoms with Crippen molar-refractivity contribution in [1.29, 1.82) is 0 Å². The first kappa shape index (κ1) is 19.4. The minimum Gasteiger partial charge on any atom is -0.380 e. The van der Waals surface area contributed by atoms with Gasteiger partial charge in [-0.15, -0.1) is 24.0 Å². The molecule has 2 aromatic rings. The summed E-state index contributed by atoms with van der Waals surface area (Å²) in [4.78, 5) is 4.37. The predicted octanol–water partition coefficient (Wildman–Crippen LogP) is 3.99. The average Bonchev–Trinajstić information content (AvgIpc) is 2.51. The third kappa shape index (κ3) is 6.19. The number of hydrogen-bond acceptors (Lipinski definition) is 2. The van der Waals surface area contributed by atoms with Crippen molar-refractivity contribution in [3.8, 4) is 0 Å². The number of aliphatic imine (C=N–C) groups is 1. The van der Waals surface area contributed by atoms with Crippen molar-refractivity contribution in [1.82, 2.24) is 0 Å². The van der Waals surface area contributed by atoms with Crippen molar-refractivity contribution in [3.05, 3.63) is 64.7 Å². The molecule has 3 N–H and O–H groups in total. The Bertz CT molecular complexity index is 654. The van der Waals surface area contributed by atoms with E-state index in [4.69, 9.17) is 10.5 Å². The number of benzene rings is 2. The Morgan fingerprint density at radius 3 is 2.30 bits per heavy atom. The van der Waals surface area contributed by atoms with Gasteiger partial charge < -0.3 is 15.8 Å². The molecule has 0 unspecified atom stereocenters. The van der Waals surface area contributed by atoms with E-state index in [0.717, 1.165) is 16.8 Å². The van der Waals surface area contributed by atoms with E-state index < -0.39 is 0 Å². The summed E-state index contributed by atoms with van der Waals surface area (Å²) in [5.74, 6) is 0.421. The highest BCUT2D eigenvalue weighted by Gasteiger charge is 1.99. The van der Waals surface area contributed by atoms with Gasteiger partial charge in [0.1, 0.15) is 0 Å². The molecule has 0 fully saturated rings. The van der Waals surface area contributed by atoms with Crippen molar-refractivity contribution in [2.75, 3.05) is 12.4 Å². The van der Waals surface area contributed by atoms with Crippen molar-refractivity contribution in [2.24, 2.45) is 10.7 Å². The maximum absolute atomic E-state index is 5.94. The molecule has 4 nitrogen and oxygen atoms in total. The lowest BCUT2D eigenvalue weighted by atomic mass is 10.1. The Kier molecular flexibility index (Phi) is 8.05. The third-order valence-corrected chi connectivity index (χ3v) is 3.55. The van der Waals surface area contributed by atoms with Gasteiger partial charge in [0.05, 0.1) is 13.2 Å². The molecule has 0 saturated carbocycles. The van der Waals surface area contributed by atoms with Gasteiger partial charge in [-0.05, 0) is 48.2 Å². The summed E-state index contributed by atoms with van der Waals surface area (Å²) in [6.07, 6.45) is 0. The molecule has 0 aliphatic heterocycles. The lowest BCUT2D eigenvalue weighted by Gasteiger charge is -2.08. The first-order valence-electron chi connectivity index (χ1n) is 7.29. The molecule has 0 spiro atoms. The Balaban J connectivity index is 0.00000264. The number of anilines is 1. The molecule has 0 aliphatic rings. The van der Waals surface area contributed by atoms with Crippen LogP contribution in [0.3, 0.4) is 0 Å². The fraction of sp³-hybridized carbons (Fsp3) is 0.278. The van der Waals surface area contributed by atoms with Crippen LogP contribution in [0.25, 0.3) is 0 Å². The van der Waals surface area contributed by atoms with E-state index in [2.05, 4.69) is 36.3 Å². The Hall–Kier alpha value is -1.60. The molecule has 0 aliphatic carbocycles. The fourth-order valence-corrected chi connectivity index (χ4v) is 2.09. The minimum atomic E-state index is 0. The first-order chi connectivity index (χ1) is 10.6. The molecular weight excluding hydrogens is 401 g/mol. The van der Waals surface area contributed by atoms with Gasteiger partial charge >= 0.3 is 0 Å². The molecule has 124 valence electrons. The second-order valence-corrected chi connectivity index (χ2v) is 5.38. The largest absolute Gasteiger partial charge is 0.380 e. The molecule has 5 heteroatoms. The van der Waals surface area contributed by atoms with E-state index in [-0.39, 0.29) is 24.0 Å². The first-order valence-corrected chi connectivity index (χ1v) is 7.29. The standard InChI is InChI=1S/C18H23N3O.HI/c1-13-4-9-17(10-14(13)2)21-18(19)20-11-15-5-7-16(8-6-15)12-22-3;/h4-10H,11-12H2,1-3H3,(H3,19,20,21);1H. The van der Waals surface area contributed by atoms with E-state index >= 15 is 0 Å². The zero-order chi connectivity index (χ0) is 15.9. The smallest absolute Gasteiger partial charge is 0.193 e. The summed E-state index contributed by atoms with van der Waals surface area (Å²) >= 11 is 0. The highest BCUT2D eigenvalue weighted by atomic mass is 127. The van der Waals surface area contributed by atoms with Crippen LogP contribution in [0.4, 0.5) is 5.69 Å². The molecular formula is C18H24IN3O. The molecule has 2 rings (SSSR count). The van der Waals surface area contributed by atoms with E-state index in [0.29, 0.717) is 19.1 Å². The van der Waals surface area contributed by atoms with Gasteiger partial charge in [0, 0.05) is 12.8 Å². The zero-order valence-corrected chi connectivity index (χ0v) is 16.1. The molecule has 0 radical (unpaired) electrons.